The van der Waals surface area contributed by atoms with E-state index < -0.39 is 0 Å². The summed E-state index contributed by atoms with van der Waals surface area (Å²) in [6.45, 7) is 14.5. The van der Waals surface area contributed by atoms with Gasteiger partial charge in [0.2, 0.25) is 11.4 Å². The second-order valence-corrected chi connectivity index (χ2v) is 25.6. The number of benzene rings is 10. The number of allylic oxidation sites excluding steroid dienone is 8. The lowest BCUT2D eigenvalue weighted by Crippen LogP contribution is -2.33. The standard InChI is InChI=1S/C79H74N4/c1-76(2)64-45-43-54-31-17-19-35-60(54)74(64)82(9)68(76)39-25-41-70-78(5,50-52-27-13-11-14-28-52)72-62-37-23-21-33-58(62)56(48-66(72)80(70)7)47-57-49-67-73(63-38-24-22-34-59(57)63)79(6,51-53-29-15-12-16-30-53)71(81(67)8)42-26-40-69-77(3,4)65-46-44-55-32-18-20-36-61(55)75(65)83(69)10/h11-46,48-49H,47,50-51H2,1-10H3/q+2. The van der Waals surface area contributed by atoms with Gasteiger partial charge in [0.15, 0.2) is 11.4 Å². The molecule has 4 heterocycles. The van der Waals surface area contributed by atoms with Crippen LogP contribution in [0.2, 0.25) is 0 Å². The molecule has 0 amide bonds. The van der Waals surface area contributed by atoms with Crippen molar-refractivity contribution in [3.05, 3.63) is 286 Å². The first-order valence-electron chi connectivity index (χ1n) is 29.8. The van der Waals surface area contributed by atoms with Gasteiger partial charge in [0.05, 0.1) is 22.2 Å². The molecule has 4 aliphatic heterocycles. The first kappa shape index (κ1) is 52.2. The van der Waals surface area contributed by atoms with Crippen molar-refractivity contribution in [2.24, 2.45) is 0 Å². The number of hydrogen-bond acceptors (Lipinski definition) is 2. The molecule has 0 N–H and O–H groups in total. The molecule has 10 aromatic rings. The van der Waals surface area contributed by atoms with Gasteiger partial charge in [-0.25, -0.2) is 0 Å². The van der Waals surface area contributed by atoms with Crippen LogP contribution in [0.4, 0.5) is 22.7 Å². The van der Waals surface area contributed by atoms with Crippen LogP contribution >= 0.6 is 0 Å². The van der Waals surface area contributed by atoms with Crippen LogP contribution in [-0.4, -0.2) is 48.8 Å². The molecule has 408 valence electrons. The molecule has 0 saturated carbocycles. The van der Waals surface area contributed by atoms with Crippen LogP contribution in [0.3, 0.4) is 0 Å². The molecule has 2 atom stereocenters. The van der Waals surface area contributed by atoms with Gasteiger partial charge in [-0.3, -0.25) is 0 Å². The third kappa shape index (κ3) is 8.00. The Bertz CT molecular complexity index is 4250. The number of anilines is 2. The third-order valence-electron chi connectivity index (χ3n) is 19.9. The fourth-order valence-electron chi connectivity index (χ4n) is 16.0. The molecule has 4 heteroatoms. The summed E-state index contributed by atoms with van der Waals surface area (Å²) >= 11 is 0. The average Bonchev–Trinajstić information content (AvgIpc) is 2.93. The van der Waals surface area contributed by atoms with Gasteiger partial charge in [0, 0.05) is 82.5 Å². The Morgan fingerprint density at radius 3 is 1.14 bits per heavy atom. The molecule has 0 saturated heterocycles. The number of fused-ring (bicyclic) bond motifs is 12. The van der Waals surface area contributed by atoms with E-state index in [1.165, 1.54) is 133 Å². The zero-order valence-corrected chi connectivity index (χ0v) is 49.8. The molecule has 14 rings (SSSR count). The SMILES string of the molecule is CN1/C(=C/C=C/C2=[N+](C)c3cc(Cc4cc5c(c6ccccc46)C(C)(Cc4ccccc4)C(/C=C/C=C4/N(C)c6c(ccc7ccccc67)C4(C)C)=[N+]5C)c4ccccc4c3C2(C)Cc2ccccc2)C(C)(C)c2ccc3ccccc3c21. The summed E-state index contributed by atoms with van der Waals surface area (Å²) in [4.78, 5) is 4.86. The molecular weight excluding hydrogens is 1000 g/mol. The van der Waals surface area contributed by atoms with Crippen LogP contribution in [0.5, 0.6) is 0 Å². The highest BCUT2D eigenvalue weighted by Gasteiger charge is 2.50. The van der Waals surface area contributed by atoms with E-state index in [-0.39, 0.29) is 21.7 Å². The molecule has 2 unspecified atom stereocenters. The van der Waals surface area contributed by atoms with Crippen molar-refractivity contribution >= 4 is 77.3 Å². The molecule has 4 aliphatic rings. The van der Waals surface area contributed by atoms with Gasteiger partial charge in [0.1, 0.15) is 14.1 Å². The summed E-state index contributed by atoms with van der Waals surface area (Å²) in [5.41, 5.74) is 20.3. The van der Waals surface area contributed by atoms with Crippen LogP contribution in [0.1, 0.15) is 86.1 Å². The second kappa shape index (κ2) is 19.4. The van der Waals surface area contributed by atoms with Crippen LogP contribution < -0.4 is 9.80 Å². The Morgan fingerprint density at radius 1 is 0.398 bits per heavy atom. The minimum atomic E-state index is -0.321. The predicted octanol–water partition coefficient (Wildman–Crippen LogP) is 18.1. The maximum Gasteiger partial charge on any atom is 0.210 e. The topological polar surface area (TPSA) is 12.5 Å². The highest BCUT2D eigenvalue weighted by molar-refractivity contribution is 6.11. The van der Waals surface area contributed by atoms with Crippen LogP contribution in [0.25, 0.3) is 43.1 Å². The lowest BCUT2D eigenvalue weighted by Gasteiger charge is -2.25. The monoisotopic (exact) mass is 1080 g/mol. The van der Waals surface area contributed by atoms with E-state index in [1.807, 2.05) is 0 Å². The second-order valence-electron chi connectivity index (χ2n) is 25.6. The molecule has 0 spiro atoms. The first-order valence-corrected chi connectivity index (χ1v) is 29.8. The smallest absolute Gasteiger partial charge is 0.210 e. The molecule has 83 heavy (non-hydrogen) atoms. The molecule has 0 radical (unpaired) electrons. The van der Waals surface area contributed by atoms with Crippen molar-refractivity contribution in [3.63, 3.8) is 0 Å². The fourth-order valence-corrected chi connectivity index (χ4v) is 16.0. The molecule has 0 fully saturated rings. The fraction of sp³-hybridized carbons (Fsp3) is 0.215. The van der Waals surface area contributed by atoms with Gasteiger partial charge in [-0.15, -0.1) is 0 Å². The minimum absolute atomic E-state index is 0.162. The van der Waals surface area contributed by atoms with E-state index in [9.17, 15) is 0 Å². The zero-order valence-electron chi connectivity index (χ0n) is 49.8. The largest absolute Gasteiger partial charge is 0.347 e. The maximum absolute atomic E-state index is 2.54. The summed E-state index contributed by atoms with van der Waals surface area (Å²) in [5.74, 6) is 0. The van der Waals surface area contributed by atoms with Gasteiger partial charge < -0.3 is 9.80 Å². The third-order valence-corrected chi connectivity index (χ3v) is 19.9. The maximum atomic E-state index is 2.54. The van der Waals surface area contributed by atoms with Crippen molar-refractivity contribution in [2.75, 3.05) is 38.0 Å². The molecule has 0 aromatic heterocycles. The normalized spacial score (nSPS) is 20.7. The number of hydrogen-bond donors (Lipinski definition) is 0. The van der Waals surface area contributed by atoms with Gasteiger partial charge in [0.25, 0.3) is 0 Å². The molecule has 4 nitrogen and oxygen atoms in total. The Morgan fingerprint density at radius 2 is 0.747 bits per heavy atom. The van der Waals surface area contributed by atoms with E-state index in [0.29, 0.717) is 0 Å². The Balaban J connectivity index is 0.885. The van der Waals surface area contributed by atoms with E-state index in [1.54, 1.807) is 0 Å². The minimum Gasteiger partial charge on any atom is -0.347 e. The molecule has 0 bridgehead atoms. The summed E-state index contributed by atoms with van der Waals surface area (Å²) in [6, 6.07) is 72.6. The lowest BCUT2D eigenvalue weighted by molar-refractivity contribution is -0.401. The molecule has 10 aromatic carbocycles. The van der Waals surface area contributed by atoms with Gasteiger partial charge in [-0.1, -0.05) is 222 Å². The predicted molar refractivity (Wildman–Crippen MR) is 353 cm³/mol. The number of likely N-dealkylation sites (N-methyl/N-ethyl adjacent to an activating group) is 2. The summed E-state index contributed by atoms with van der Waals surface area (Å²) in [7, 11) is 9.09. The van der Waals surface area contributed by atoms with Crippen molar-refractivity contribution in [1.82, 2.24) is 0 Å². The Labute approximate surface area is 490 Å². The quantitative estimate of drug-likeness (QED) is 0.127. The molecular formula is C79H74N4+2. The van der Waals surface area contributed by atoms with Crippen LogP contribution in [0, 0.1) is 0 Å². The van der Waals surface area contributed by atoms with Gasteiger partial charge in [-0.2, -0.15) is 9.15 Å². The van der Waals surface area contributed by atoms with Gasteiger partial charge in [-0.05, 0) is 111 Å². The van der Waals surface area contributed by atoms with Crippen molar-refractivity contribution < 1.29 is 9.15 Å². The van der Waals surface area contributed by atoms with Crippen molar-refractivity contribution in [2.45, 2.75) is 82.5 Å². The highest BCUT2D eigenvalue weighted by atomic mass is 15.2. The van der Waals surface area contributed by atoms with E-state index >= 15 is 0 Å². The Kier molecular flexibility index (Phi) is 12.2. The number of rotatable bonds is 10. The van der Waals surface area contributed by atoms with Crippen LogP contribution in [-0.2, 0) is 40.9 Å². The summed E-state index contributed by atoms with van der Waals surface area (Å²) in [6.07, 6.45) is 16.8. The van der Waals surface area contributed by atoms with E-state index in [4.69, 9.17) is 0 Å². The first-order chi connectivity index (χ1) is 40.1. The van der Waals surface area contributed by atoms with Crippen LogP contribution in [0.15, 0.2) is 242 Å². The Hall–Kier alpha value is -8.86. The van der Waals surface area contributed by atoms with E-state index in [0.717, 1.165) is 19.3 Å². The van der Waals surface area contributed by atoms with Crippen molar-refractivity contribution in [3.8, 4) is 0 Å². The molecule has 0 aliphatic carbocycles. The lowest BCUT2D eigenvalue weighted by atomic mass is 9.72. The average molecular weight is 1080 g/mol. The number of nitrogens with zero attached hydrogens (tertiary/aromatic N) is 4. The van der Waals surface area contributed by atoms with Crippen molar-refractivity contribution in [1.29, 1.82) is 0 Å². The summed E-state index contributed by atoms with van der Waals surface area (Å²) in [5, 5.41) is 10.4. The zero-order chi connectivity index (χ0) is 57.2. The van der Waals surface area contributed by atoms with Gasteiger partial charge >= 0.3 is 0 Å². The van der Waals surface area contributed by atoms with E-state index in [2.05, 4.69) is 319 Å². The summed E-state index contributed by atoms with van der Waals surface area (Å²) < 4.78 is 5.01. The highest BCUT2D eigenvalue weighted by Crippen LogP contribution is 2.54.